The molecule has 1 aromatic carbocycles. The fourth-order valence-corrected chi connectivity index (χ4v) is 3.37. The van der Waals surface area contributed by atoms with Crippen molar-refractivity contribution in [3.8, 4) is 0 Å². The lowest BCUT2D eigenvalue weighted by Gasteiger charge is -2.38. The highest BCUT2D eigenvalue weighted by Gasteiger charge is 2.40. The molecule has 144 valence electrons. The molecule has 0 bridgehead atoms. The monoisotopic (exact) mass is 380 g/mol. The number of rotatable bonds is 3. The fraction of sp³-hybridized carbons (Fsp3) is 0.444. The van der Waals surface area contributed by atoms with E-state index in [0.717, 1.165) is 38.1 Å². The molecule has 0 unspecified atom stereocenters. The maximum atomic E-state index is 12.9. The lowest BCUT2D eigenvalue weighted by atomic mass is 10.0. The van der Waals surface area contributed by atoms with E-state index in [-0.39, 0.29) is 0 Å². The zero-order valence-corrected chi connectivity index (χ0v) is 14.5. The number of nitrogens with zero attached hydrogens (tertiary/aromatic N) is 3. The van der Waals surface area contributed by atoms with Gasteiger partial charge in [0.25, 0.3) is 0 Å². The first-order chi connectivity index (χ1) is 12.9. The summed E-state index contributed by atoms with van der Waals surface area (Å²) in [4.78, 5) is 10.5. The Bertz CT molecular complexity index is 799. The number of alkyl halides is 3. The summed E-state index contributed by atoms with van der Waals surface area (Å²) in [6, 6.07) is 6.75. The molecule has 0 saturated carbocycles. The lowest BCUT2D eigenvalue weighted by molar-refractivity contribution is -0.169. The zero-order chi connectivity index (χ0) is 18.9. The van der Waals surface area contributed by atoms with Crippen molar-refractivity contribution < 1.29 is 22.6 Å². The summed E-state index contributed by atoms with van der Waals surface area (Å²) in [7, 11) is 0. The Balaban J connectivity index is 1.45. The first kappa shape index (κ1) is 18.0. The maximum Gasteiger partial charge on any atom is 0.416 e. The van der Waals surface area contributed by atoms with E-state index >= 15 is 0 Å². The molecule has 2 aliphatic heterocycles. The van der Waals surface area contributed by atoms with Gasteiger partial charge in [-0.05, 0) is 18.2 Å². The Kier molecular flexibility index (Phi) is 4.65. The van der Waals surface area contributed by atoms with Gasteiger partial charge in [0.05, 0.1) is 18.8 Å². The molecule has 0 amide bonds. The number of halogens is 3. The van der Waals surface area contributed by atoms with Crippen LogP contribution < -0.4 is 10.2 Å². The summed E-state index contributed by atoms with van der Waals surface area (Å²) < 4.78 is 50.0. The molecule has 1 spiro atoms. The van der Waals surface area contributed by atoms with Gasteiger partial charge in [-0.1, -0.05) is 6.07 Å². The predicted octanol–water partition coefficient (Wildman–Crippen LogP) is 3.58. The highest BCUT2D eigenvalue weighted by molar-refractivity contribution is 5.60. The van der Waals surface area contributed by atoms with Crippen LogP contribution in [0.1, 0.15) is 18.4 Å². The third kappa shape index (κ3) is 3.98. The van der Waals surface area contributed by atoms with Crippen molar-refractivity contribution >= 4 is 17.3 Å². The number of benzene rings is 1. The van der Waals surface area contributed by atoms with Crippen molar-refractivity contribution in [1.82, 2.24) is 9.97 Å². The number of ether oxygens (including phenoxy) is 2. The van der Waals surface area contributed by atoms with Crippen molar-refractivity contribution in [2.24, 2.45) is 0 Å². The Morgan fingerprint density at radius 3 is 2.48 bits per heavy atom. The van der Waals surface area contributed by atoms with E-state index in [0.29, 0.717) is 30.5 Å². The van der Waals surface area contributed by atoms with Gasteiger partial charge in [0.1, 0.15) is 18.0 Å². The standard InChI is InChI=1S/C18H19F3N4O2/c19-18(20,21)13-2-1-3-14(10-13)24-15-11-16(23-12-22-15)25-6-4-17(5-7-25)26-8-9-27-17/h1-3,10-12H,4-9H2,(H,22,23,24). The van der Waals surface area contributed by atoms with E-state index in [2.05, 4.69) is 20.2 Å². The van der Waals surface area contributed by atoms with Gasteiger partial charge < -0.3 is 19.7 Å². The summed E-state index contributed by atoms with van der Waals surface area (Å²) in [5, 5.41) is 2.92. The molecule has 2 fully saturated rings. The second-order valence-electron chi connectivity index (χ2n) is 6.56. The number of nitrogens with one attached hydrogen (secondary N) is 1. The van der Waals surface area contributed by atoms with Crippen LogP contribution in [0.2, 0.25) is 0 Å². The third-order valence-corrected chi connectivity index (χ3v) is 4.78. The number of aromatic nitrogens is 2. The van der Waals surface area contributed by atoms with Crippen LogP contribution in [0.25, 0.3) is 0 Å². The Labute approximate surface area is 154 Å². The molecule has 27 heavy (non-hydrogen) atoms. The summed E-state index contributed by atoms with van der Waals surface area (Å²) in [6.07, 6.45) is -1.50. The SMILES string of the molecule is FC(F)(F)c1cccc(Nc2cc(N3CCC4(CC3)OCCO4)ncn2)c1. The molecule has 2 aromatic rings. The van der Waals surface area contributed by atoms with Crippen LogP contribution in [0.15, 0.2) is 36.7 Å². The Morgan fingerprint density at radius 1 is 1.04 bits per heavy atom. The number of anilines is 3. The summed E-state index contributed by atoms with van der Waals surface area (Å²) >= 11 is 0. The van der Waals surface area contributed by atoms with Crippen molar-refractivity contribution in [1.29, 1.82) is 0 Å². The molecule has 4 rings (SSSR count). The molecule has 0 atom stereocenters. The maximum absolute atomic E-state index is 12.9. The van der Waals surface area contributed by atoms with Gasteiger partial charge in [-0.25, -0.2) is 9.97 Å². The topological polar surface area (TPSA) is 59.5 Å². The largest absolute Gasteiger partial charge is 0.416 e. The molecular formula is C18H19F3N4O2. The van der Waals surface area contributed by atoms with E-state index in [4.69, 9.17) is 9.47 Å². The third-order valence-electron chi connectivity index (χ3n) is 4.78. The molecule has 0 radical (unpaired) electrons. The van der Waals surface area contributed by atoms with E-state index in [1.807, 2.05) is 0 Å². The van der Waals surface area contributed by atoms with Crippen molar-refractivity contribution in [3.63, 3.8) is 0 Å². The van der Waals surface area contributed by atoms with Crippen LogP contribution in [-0.2, 0) is 15.7 Å². The van der Waals surface area contributed by atoms with Gasteiger partial charge in [0.15, 0.2) is 5.79 Å². The molecule has 6 nitrogen and oxygen atoms in total. The molecule has 2 saturated heterocycles. The first-order valence-corrected chi connectivity index (χ1v) is 8.73. The number of hydrogen-bond acceptors (Lipinski definition) is 6. The average Bonchev–Trinajstić information content (AvgIpc) is 3.10. The second kappa shape index (κ2) is 6.97. The number of piperidine rings is 1. The smallest absolute Gasteiger partial charge is 0.356 e. The molecule has 2 aliphatic rings. The van der Waals surface area contributed by atoms with Crippen molar-refractivity contribution in [2.45, 2.75) is 24.8 Å². The second-order valence-corrected chi connectivity index (χ2v) is 6.56. The highest BCUT2D eigenvalue weighted by atomic mass is 19.4. The fourth-order valence-electron chi connectivity index (χ4n) is 3.37. The molecule has 9 heteroatoms. The highest BCUT2D eigenvalue weighted by Crippen LogP contribution is 2.34. The predicted molar refractivity (Wildman–Crippen MR) is 92.8 cm³/mol. The molecule has 1 aromatic heterocycles. The van der Waals surface area contributed by atoms with E-state index in [9.17, 15) is 13.2 Å². The van der Waals surface area contributed by atoms with E-state index < -0.39 is 17.5 Å². The van der Waals surface area contributed by atoms with Crippen LogP contribution in [0.5, 0.6) is 0 Å². The lowest BCUT2D eigenvalue weighted by Crippen LogP contribution is -2.45. The Hall–Kier alpha value is -2.39. The van der Waals surface area contributed by atoms with Crippen LogP contribution >= 0.6 is 0 Å². The molecule has 1 N–H and O–H groups in total. The minimum atomic E-state index is -4.39. The van der Waals surface area contributed by atoms with Gasteiger partial charge in [0.2, 0.25) is 0 Å². The van der Waals surface area contributed by atoms with Crippen LogP contribution in [-0.4, -0.2) is 42.1 Å². The quantitative estimate of drug-likeness (QED) is 0.878. The van der Waals surface area contributed by atoms with Gasteiger partial charge in [-0.3, -0.25) is 0 Å². The van der Waals surface area contributed by atoms with Crippen molar-refractivity contribution in [2.75, 3.05) is 36.5 Å². The minimum Gasteiger partial charge on any atom is -0.356 e. The summed E-state index contributed by atoms with van der Waals surface area (Å²) in [5.41, 5.74) is -0.389. The zero-order valence-electron chi connectivity index (χ0n) is 14.5. The summed E-state index contributed by atoms with van der Waals surface area (Å²) in [6.45, 7) is 2.69. The van der Waals surface area contributed by atoms with Gasteiger partial charge in [0, 0.05) is 37.7 Å². The van der Waals surface area contributed by atoms with Gasteiger partial charge in [-0.15, -0.1) is 0 Å². The normalized spacial score (nSPS) is 19.4. The van der Waals surface area contributed by atoms with Crippen LogP contribution in [0.4, 0.5) is 30.5 Å². The molecule has 0 aliphatic carbocycles. The van der Waals surface area contributed by atoms with E-state index in [1.54, 1.807) is 12.1 Å². The summed E-state index contributed by atoms with van der Waals surface area (Å²) in [5.74, 6) is 0.683. The van der Waals surface area contributed by atoms with E-state index in [1.165, 1.54) is 12.4 Å². The molecular weight excluding hydrogens is 361 g/mol. The van der Waals surface area contributed by atoms with Gasteiger partial charge in [-0.2, -0.15) is 13.2 Å². The van der Waals surface area contributed by atoms with Gasteiger partial charge >= 0.3 is 6.18 Å². The Morgan fingerprint density at radius 2 is 1.78 bits per heavy atom. The van der Waals surface area contributed by atoms with Crippen LogP contribution in [0.3, 0.4) is 0 Å². The average molecular weight is 380 g/mol. The minimum absolute atomic E-state index is 0.319. The van der Waals surface area contributed by atoms with Crippen molar-refractivity contribution in [3.05, 3.63) is 42.2 Å². The number of hydrogen-bond donors (Lipinski definition) is 1. The molecule has 3 heterocycles. The van der Waals surface area contributed by atoms with Crippen LogP contribution in [0, 0.1) is 0 Å². The first-order valence-electron chi connectivity index (χ1n) is 8.73.